The van der Waals surface area contributed by atoms with E-state index >= 15 is 0 Å². The van der Waals surface area contributed by atoms with E-state index in [1.165, 1.54) is 6.20 Å². The number of ketones is 1. The van der Waals surface area contributed by atoms with Crippen molar-refractivity contribution in [2.45, 2.75) is 32.6 Å². The minimum Gasteiger partial charge on any atom is -0.491 e. The molecule has 3 N–H and O–H groups in total. The lowest BCUT2D eigenvalue weighted by Crippen LogP contribution is -2.15. The molecule has 0 atom stereocenters. The van der Waals surface area contributed by atoms with Crippen molar-refractivity contribution in [1.29, 1.82) is 0 Å². The Balaban J connectivity index is 1.27. The first-order valence-electron chi connectivity index (χ1n) is 14.1. The number of ether oxygens (including phenoxy) is 3. The molecule has 216 valence electrons. The lowest BCUT2D eigenvalue weighted by atomic mass is 9.90. The molecule has 0 unspecified atom stereocenters. The SMILES string of the molecule is Cc1ccccc1Oc1ccc(-n2ncc(C(=O)c3cc4cc(OCCF)c(C5CCOCC5)cc4[nH]3)c2N)cc1C. The summed E-state index contributed by atoms with van der Waals surface area (Å²) in [7, 11) is 0. The summed E-state index contributed by atoms with van der Waals surface area (Å²) in [6, 6.07) is 19.1. The van der Waals surface area contributed by atoms with Gasteiger partial charge in [0.25, 0.3) is 0 Å². The Morgan fingerprint density at radius 2 is 1.83 bits per heavy atom. The van der Waals surface area contributed by atoms with E-state index in [4.69, 9.17) is 19.9 Å². The summed E-state index contributed by atoms with van der Waals surface area (Å²) in [5.41, 5.74) is 11.6. The number of rotatable bonds is 9. The third-order valence-corrected chi connectivity index (χ3v) is 7.76. The van der Waals surface area contributed by atoms with Crippen molar-refractivity contribution in [1.82, 2.24) is 14.8 Å². The van der Waals surface area contributed by atoms with E-state index in [0.29, 0.717) is 30.3 Å². The number of hydrogen-bond donors (Lipinski definition) is 2. The Kier molecular flexibility index (Phi) is 7.67. The van der Waals surface area contributed by atoms with Crippen LogP contribution < -0.4 is 15.2 Å². The quantitative estimate of drug-likeness (QED) is 0.189. The van der Waals surface area contributed by atoms with E-state index in [-0.39, 0.29) is 29.7 Å². The van der Waals surface area contributed by atoms with Crippen LogP contribution in [0.1, 0.15) is 51.5 Å². The Labute approximate surface area is 243 Å². The number of para-hydroxylation sites is 1. The molecule has 42 heavy (non-hydrogen) atoms. The molecule has 1 aliphatic heterocycles. The Morgan fingerprint density at radius 3 is 2.60 bits per heavy atom. The van der Waals surface area contributed by atoms with Crippen LogP contribution >= 0.6 is 0 Å². The molecular formula is C33H33FN4O4. The van der Waals surface area contributed by atoms with Gasteiger partial charge < -0.3 is 24.9 Å². The minimum absolute atomic E-state index is 0.0217. The topological polar surface area (TPSA) is 104 Å². The summed E-state index contributed by atoms with van der Waals surface area (Å²) in [6.45, 7) is 4.70. The fourth-order valence-electron chi connectivity index (χ4n) is 5.45. The molecule has 6 rings (SSSR count). The number of nitrogens with two attached hydrogens (primary N) is 1. The van der Waals surface area contributed by atoms with Gasteiger partial charge in [-0.25, -0.2) is 9.07 Å². The summed E-state index contributed by atoms with van der Waals surface area (Å²) in [5, 5.41) is 5.23. The number of carbonyl (C=O) groups is 1. The van der Waals surface area contributed by atoms with Gasteiger partial charge in [0, 0.05) is 24.1 Å². The second-order valence-corrected chi connectivity index (χ2v) is 10.6. The molecule has 1 aliphatic rings. The van der Waals surface area contributed by atoms with Gasteiger partial charge in [0.15, 0.2) is 0 Å². The van der Waals surface area contributed by atoms with Crippen LogP contribution in [0.4, 0.5) is 10.2 Å². The summed E-state index contributed by atoms with van der Waals surface area (Å²) < 4.78 is 31.9. The van der Waals surface area contributed by atoms with Crippen LogP contribution in [0, 0.1) is 13.8 Å². The Morgan fingerprint density at radius 1 is 1.05 bits per heavy atom. The van der Waals surface area contributed by atoms with Gasteiger partial charge in [-0.1, -0.05) is 18.2 Å². The smallest absolute Gasteiger partial charge is 0.214 e. The van der Waals surface area contributed by atoms with Crippen molar-refractivity contribution in [2.24, 2.45) is 0 Å². The van der Waals surface area contributed by atoms with Gasteiger partial charge in [-0.05, 0) is 91.8 Å². The van der Waals surface area contributed by atoms with E-state index in [1.807, 2.05) is 68.4 Å². The van der Waals surface area contributed by atoms with E-state index in [9.17, 15) is 9.18 Å². The Hall–Kier alpha value is -4.63. The highest BCUT2D eigenvalue weighted by molar-refractivity contribution is 6.12. The molecule has 0 saturated carbocycles. The van der Waals surface area contributed by atoms with Gasteiger partial charge >= 0.3 is 0 Å². The van der Waals surface area contributed by atoms with Crippen molar-refractivity contribution in [3.05, 3.63) is 94.8 Å². The molecule has 0 bridgehead atoms. The van der Waals surface area contributed by atoms with Crippen molar-refractivity contribution in [3.63, 3.8) is 0 Å². The zero-order valence-corrected chi connectivity index (χ0v) is 23.7. The molecule has 5 aromatic rings. The Bertz CT molecular complexity index is 1750. The fraction of sp³-hybridized carbons (Fsp3) is 0.273. The molecule has 3 heterocycles. The number of hydrogen-bond acceptors (Lipinski definition) is 6. The predicted molar refractivity (Wildman–Crippen MR) is 160 cm³/mol. The maximum Gasteiger partial charge on any atom is 0.214 e. The molecule has 9 heteroatoms. The van der Waals surface area contributed by atoms with Crippen LogP contribution in [0.2, 0.25) is 0 Å². The van der Waals surface area contributed by atoms with Crippen LogP contribution in [0.3, 0.4) is 0 Å². The van der Waals surface area contributed by atoms with E-state index < -0.39 is 6.67 Å². The second kappa shape index (κ2) is 11.7. The number of aryl methyl sites for hydroxylation is 2. The molecule has 0 aliphatic carbocycles. The van der Waals surface area contributed by atoms with Gasteiger partial charge in [0.2, 0.25) is 5.78 Å². The van der Waals surface area contributed by atoms with Crippen LogP contribution in [0.15, 0.2) is 66.9 Å². The second-order valence-electron chi connectivity index (χ2n) is 10.6. The maximum atomic E-state index is 13.6. The van der Waals surface area contributed by atoms with Crippen molar-refractivity contribution >= 4 is 22.5 Å². The number of fused-ring (bicyclic) bond motifs is 1. The number of benzene rings is 3. The van der Waals surface area contributed by atoms with Crippen LogP contribution in [0.5, 0.6) is 17.2 Å². The maximum absolute atomic E-state index is 13.6. The average molecular weight is 569 g/mol. The number of aromatic nitrogens is 3. The van der Waals surface area contributed by atoms with E-state index in [1.54, 1.807) is 10.7 Å². The zero-order chi connectivity index (χ0) is 29.2. The molecule has 2 aromatic heterocycles. The van der Waals surface area contributed by atoms with Crippen molar-refractivity contribution < 1.29 is 23.4 Å². The molecule has 0 spiro atoms. The summed E-state index contributed by atoms with van der Waals surface area (Å²) in [6.07, 6.45) is 3.20. The average Bonchev–Trinajstić information content (AvgIpc) is 3.60. The number of alkyl halides is 1. The zero-order valence-electron chi connectivity index (χ0n) is 23.7. The van der Waals surface area contributed by atoms with E-state index in [2.05, 4.69) is 10.1 Å². The highest BCUT2D eigenvalue weighted by atomic mass is 19.1. The number of aromatic amines is 1. The largest absolute Gasteiger partial charge is 0.491 e. The molecular weight excluding hydrogens is 535 g/mol. The lowest BCUT2D eigenvalue weighted by molar-refractivity contribution is 0.0846. The number of nitrogens with one attached hydrogen (secondary N) is 1. The van der Waals surface area contributed by atoms with Crippen molar-refractivity contribution in [3.8, 4) is 22.9 Å². The van der Waals surface area contributed by atoms with Gasteiger partial charge in [0.1, 0.15) is 36.3 Å². The molecule has 3 aromatic carbocycles. The van der Waals surface area contributed by atoms with Gasteiger partial charge in [-0.2, -0.15) is 5.10 Å². The normalized spacial score (nSPS) is 13.9. The number of anilines is 1. The monoisotopic (exact) mass is 568 g/mol. The van der Waals surface area contributed by atoms with Crippen LogP contribution in [0.25, 0.3) is 16.6 Å². The third kappa shape index (κ3) is 5.35. The number of nitrogens with zero attached hydrogens (tertiary/aromatic N) is 2. The first-order valence-corrected chi connectivity index (χ1v) is 14.1. The molecule has 0 amide bonds. The van der Waals surface area contributed by atoms with Gasteiger partial charge in [0.05, 0.1) is 23.1 Å². The van der Waals surface area contributed by atoms with Gasteiger partial charge in [-0.3, -0.25) is 4.79 Å². The highest BCUT2D eigenvalue weighted by Gasteiger charge is 2.24. The van der Waals surface area contributed by atoms with E-state index in [0.717, 1.165) is 51.9 Å². The summed E-state index contributed by atoms with van der Waals surface area (Å²) in [5.74, 6) is 2.36. The van der Waals surface area contributed by atoms with Crippen LogP contribution in [-0.4, -0.2) is 47.0 Å². The predicted octanol–water partition coefficient (Wildman–Crippen LogP) is 6.82. The molecule has 1 saturated heterocycles. The molecule has 8 nitrogen and oxygen atoms in total. The first kappa shape index (κ1) is 27.5. The van der Waals surface area contributed by atoms with Crippen molar-refractivity contribution in [2.75, 3.05) is 32.2 Å². The fourth-order valence-corrected chi connectivity index (χ4v) is 5.45. The highest BCUT2D eigenvalue weighted by Crippen LogP contribution is 2.37. The lowest BCUT2D eigenvalue weighted by Gasteiger charge is -2.24. The summed E-state index contributed by atoms with van der Waals surface area (Å²) >= 11 is 0. The molecule has 1 fully saturated rings. The summed E-state index contributed by atoms with van der Waals surface area (Å²) in [4.78, 5) is 16.9. The minimum atomic E-state index is -0.576. The molecule has 0 radical (unpaired) electrons. The van der Waals surface area contributed by atoms with Gasteiger partial charge in [-0.15, -0.1) is 0 Å². The number of carbonyl (C=O) groups excluding carboxylic acids is 1. The number of halogens is 1. The standard InChI is InChI=1S/C33H33FN4O4/c1-20-5-3-4-6-29(20)42-30-8-7-24(15-21(30)2)38-33(35)26(19-36-38)32(39)28-16-23-17-31(41-14-11-34)25(18-27(23)37-28)22-9-12-40-13-10-22/h3-8,15-19,22,37H,9-14,35H2,1-2H3. The number of H-pyrrole nitrogens is 1. The number of nitrogen functional groups attached to an aromatic ring is 1. The third-order valence-electron chi connectivity index (χ3n) is 7.76. The first-order chi connectivity index (χ1) is 20.4. The van der Waals surface area contributed by atoms with Crippen LogP contribution in [-0.2, 0) is 4.74 Å².